The van der Waals surface area contributed by atoms with Gasteiger partial charge >= 0.3 is 0 Å². The molecule has 0 amide bonds. The molecule has 0 radical (unpaired) electrons. The van der Waals surface area contributed by atoms with Gasteiger partial charge in [0, 0.05) is 25.3 Å². The van der Waals surface area contributed by atoms with Crippen LogP contribution in [0.1, 0.15) is 50.5 Å². The first kappa shape index (κ1) is 12.8. The zero-order valence-electron chi connectivity index (χ0n) is 11.4. The lowest BCUT2D eigenvalue weighted by Gasteiger charge is -2.32. The maximum absolute atomic E-state index is 11.8. The summed E-state index contributed by atoms with van der Waals surface area (Å²) in [7, 11) is 0. The summed E-state index contributed by atoms with van der Waals surface area (Å²) in [6.07, 6.45) is 5.58. The van der Waals surface area contributed by atoms with E-state index in [1.54, 1.807) is 6.07 Å². The second-order valence-corrected chi connectivity index (χ2v) is 5.78. The Morgan fingerprint density at radius 2 is 2.37 bits per heavy atom. The first-order chi connectivity index (χ1) is 9.16. The van der Waals surface area contributed by atoms with Gasteiger partial charge in [0.15, 0.2) is 0 Å². The Labute approximate surface area is 112 Å². The average Bonchev–Trinajstić information content (AvgIpc) is 3.21. The van der Waals surface area contributed by atoms with Crippen molar-refractivity contribution in [2.24, 2.45) is 0 Å². The summed E-state index contributed by atoms with van der Waals surface area (Å²) < 4.78 is 5.85. The molecule has 1 saturated carbocycles. The van der Waals surface area contributed by atoms with Crippen molar-refractivity contribution in [3.63, 3.8) is 0 Å². The van der Waals surface area contributed by atoms with Gasteiger partial charge in [-0.2, -0.15) is 0 Å². The summed E-state index contributed by atoms with van der Waals surface area (Å²) in [5.74, 6) is 0.673. The fourth-order valence-electron chi connectivity index (χ4n) is 2.51. The van der Waals surface area contributed by atoms with Crippen LogP contribution in [0.25, 0.3) is 0 Å². The molecule has 2 heterocycles. The molecule has 3 rings (SSSR count). The topological polar surface area (TPSA) is 67.0 Å². The maximum atomic E-state index is 11.8. The molecule has 1 unspecified atom stereocenters. The molecule has 0 bridgehead atoms. The van der Waals surface area contributed by atoms with Gasteiger partial charge in [0.05, 0.1) is 5.69 Å². The van der Waals surface area contributed by atoms with E-state index in [4.69, 9.17) is 4.74 Å². The van der Waals surface area contributed by atoms with Crippen molar-refractivity contribution >= 4 is 0 Å². The lowest BCUT2D eigenvalue weighted by Crippen LogP contribution is -2.35. The minimum atomic E-state index is -0.437. The van der Waals surface area contributed by atoms with Gasteiger partial charge in [-0.1, -0.05) is 0 Å². The van der Waals surface area contributed by atoms with E-state index >= 15 is 0 Å². The minimum Gasteiger partial charge on any atom is -0.367 e. The number of nitrogens with zero attached hydrogens (tertiary/aromatic N) is 1. The predicted octanol–water partition coefficient (Wildman–Crippen LogP) is 1.44. The maximum Gasteiger partial charge on any atom is 0.251 e. The van der Waals surface area contributed by atoms with Gasteiger partial charge in [-0.3, -0.25) is 4.79 Å². The number of ether oxygens (including phenoxy) is 1. The van der Waals surface area contributed by atoms with Crippen LogP contribution < -0.4 is 10.9 Å². The minimum absolute atomic E-state index is 0.0898. The molecule has 19 heavy (non-hydrogen) atoms. The molecule has 0 aromatic carbocycles. The molecule has 0 spiro atoms. The van der Waals surface area contributed by atoms with Crippen LogP contribution in [0.4, 0.5) is 0 Å². The Bertz CT molecular complexity index is 502. The van der Waals surface area contributed by atoms with E-state index < -0.39 is 5.60 Å². The predicted molar refractivity (Wildman–Crippen MR) is 71.9 cm³/mol. The van der Waals surface area contributed by atoms with Crippen LogP contribution in [-0.2, 0) is 16.9 Å². The number of hydrogen-bond donors (Lipinski definition) is 2. The molecule has 1 aromatic rings. The van der Waals surface area contributed by atoms with Gasteiger partial charge in [0.1, 0.15) is 11.4 Å². The van der Waals surface area contributed by atoms with E-state index in [1.807, 2.05) is 6.92 Å². The second kappa shape index (κ2) is 5.06. The van der Waals surface area contributed by atoms with Gasteiger partial charge in [-0.15, -0.1) is 0 Å². The molecule has 1 atom stereocenters. The molecule has 1 saturated heterocycles. The van der Waals surface area contributed by atoms with Crippen molar-refractivity contribution in [2.75, 3.05) is 6.61 Å². The number of hydrogen-bond acceptors (Lipinski definition) is 4. The van der Waals surface area contributed by atoms with Crippen LogP contribution in [0.3, 0.4) is 0 Å². The summed E-state index contributed by atoms with van der Waals surface area (Å²) in [5.41, 5.74) is 0.279. The van der Waals surface area contributed by atoms with E-state index in [0.29, 0.717) is 18.4 Å². The molecule has 104 valence electrons. The first-order valence-electron chi connectivity index (χ1n) is 7.14. The lowest BCUT2D eigenvalue weighted by molar-refractivity contribution is -0.0763. The smallest absolute Gasteiger partial charge is 0.251 e. The highest BCUT2D eigenvalue weighted by Gasteiger charge is 2.32. The molecule has 1 aromatic heterocycles. The van der Waals surface area contributed by atoms with Crippen molar-refractivity contribution in [3.8, 4) is 0 Å². The van der Waals surface area contributed by atoms with Crippen LogP contribution in [0.5, 0.6) is 0 Å². The number of nitrogens with one attached hydrogen (secondary N) is 2. The van der Waals surface area contributed by atoms with E-state index in [0.717, 1.165) is 31.6 Å². The van der Waals surface area contributed by atoms with Crippen molar-refractivity contribution in [1.29, 1.82) is 0 Å². The van der Waals surface area contributed by atoms with Crippen LogP contribution in [-0.4, -0.2) is 22.6 Å². The van der Waals surface area contributed by atoms with Gasteiger partial charge in [0.25, 0.3) is 5.56 Å². The number of aromatic nitrogens is 2. The summed E-state index contributed by atoms with van der Waals surface area (Å²) in [6, 6.07) is 2.19. The second-order valence-electron chi connectivity index (χ2n) is 5.78. The Kier molecular flexibility index (Phi) is 3.41. The molecule has 5 heteroatoms. The van der Waals surface area contributed by atoms with Crippen molar-refractivity contribution in [2.45, 2.75) is 57.2 Å². The standard InChI is InChI=1S/C14H21N3O2/c1-14(6-2-3-7-19-14)13-16-11(8-12(18)17-13)9-15-10-4-5-10/h8,10,15H,2-7,9H2,1H3,(H,16,17,18). The molecular formula is C14H21N3O2. The highest BCUT2D eigenvalue weighted by Crippen LogP contribution is 2.32. The van der Waals surface area contributed by atoms with Crippen LogP contribution in [0, 0.1) is 0 Å². The Morgan fingerprint density at radius 3 is 3.05 bits per heavy atom. The van der Waals surface area contributed by atoms with Crippen LogP contribution >= 0.6 is 0 Å². The summed E-state index contributed by atoms with van der Waals surface area (Å²) >= 11 is 0. The summed E-state index contributed by atoms with van der Waals surface area (Å²) in [4.78, 5) is 19.2. The highest BCUT2D eigenvalue weighted by molar-refractivity contribution is 5.09. The normalized spacial score (nSPS) is 27.4. The summed E-state index contributed by atoms with van der Waals surface area (Å²) in [6.45, 7) is 3.42. The molecule has 5 nitrogen and oxygen atoms in total. The highest BCUT2D eigenvalue weighted by atomic mass is 16.5. The molecule has 2 N–H and O–H groups in total. The number of H-pyrrole nitrogens is 1. The third-order valence-electron chi connectivity index (χ3n) is 3.91. The Morgan fingerprint density at radius 1 is 1.53 bits per heavy atom. The molecule has 1 aliphatic heterocycles. The van der Waals surface area contributed by atoms with Gasteiger partial charge in [-0.05, 0) is 39.0 Å². The number of aromatic amines is 1. The quantitative estimate of drug-likeness (QED) is 0.862. The summed E-state index contributed by atoms with van der Waals surface area (Å²) in [5, 5.41) is 3.39. The van der Waals surface area contributed by atoms with Gasteiger partial charge in [0.2, 0.25) is 0 Å². The van der Waals surface area contributed by atoms with E-state index in [2.05, 4.69) is 15.3 Å². The van der Waals surface area contributed by atoms with E-state index in [9.17, 15) is 4.79 Å². The molecule has 2 aliphatic rings. The molecule has 1 aliphatic carbocycles. The largest absolute Gasteiger partial charge is 0.367 e. The average molecular weight is 263 g/mol. The monoisotopic (exact) mass is 263 g/mol. The SMILES string of the molecule is CC1(c2nc(CNC3CC3)cc(=O)[nH]2)CCCCO1. The van der Waals surface area contributed by atoms with E-state index in [1.165, 1.54) is 12.8 Å². The zero-order chi connectivity index (χ0) is 13.3. The third-order valence-corrected chi connectivity index (χ3v) is 3.91. The Hall–Kier alpha value is -1.20. The zero-order valence-corrected chi connectivity index (χ0v) is 11.4. The lowest BCUT2D eigenvalue weighted by atomic mass is 9.95. The van der Waals surface area contributed by atoms with Gasteiger partial charge < -0.3 is 15.0 Å². The third kappa shape index (κ3) is 3.04. The fourth-order valence-corrected chi connectivity index (χ4v) is 2.51. The fraction of sp³-hybridized carbons (Fsp3) is 0.714. The van der Waals surface area contributed by atoms with Crippen molar-refractivity contribution < 1.29 is 4.74 Å². The van der Waals surface area contributed by atoms with Crippen LogP contribution in [0.2, 0.25) is 0 Å². The number of rotatable bonds is 4. The van der Waals surface area contributed by atoms with Crippen molar-refractivity contribution in [1.82, 2.24) is 15.3 Å². The molecular weight excluding hydrogens is 242 g/mol. The van der Waals surface area contributed by atoms with E-state index in [-0.39, 0.29) is 5.56 Å². The molecule has 2 fully saturated rings. The first-order valence-corrected chi connectivity index (χ1v) is 7.14. The van der Waals surface area contributed by atoms with Gasteiger partial charge in [-0.25, -0.2) is 4.98 Å². The van der Waals surface area contributed by atoms with Crippen molar-refractivity contribution in [3.05, 3.63) is 27.9 Å². The van der Waals surface area contributed by atoms with Crippen LogP contribution in [0.15, 0.2) is 10.9 Å². The Balaban J connectivity index is 1.81.